The topological polar surface area (TPSA) is 80.0 Å². The van der Waals surface area contributed by atoms with Gasteiger partial charge in [-0.25, -0.2) is 4.98 Å². The summed E-state index contributed by atoms with van der Waals surface area (Å²) in [5, 5.41) is 6.56. The molecule has 5 nitrogen and oxygen atoms in total. The molecule has 1 atom stereocenters. The maximum atomic E-state index is 11.3. The van der Waals surface area contributed by atoms with E-state index in [4.69, 9.17) is 5.73 Å². The standard InChI is InChI=1S/C13H20N4O/c1-9-2-3-11(12(14)18)13(17-9)16-7-5-10-4-6-15-8-10/h2-3,10,15H,4-8H2,1H3,(H2,14,18)(H,16,17). The zero-order chi connectivity index (χ0) is 13.0. The quantitative estimate of drug-likeness (QED) is 0.723. The van der Waals surface area contributed by atoms with Crippen LogP contribution in [0, 0.1) is 12.8 Å². The summed E-state index contributed by atoms with van der Waals surface area (Å²) in [6, 6.07) is 3.52. The molecule has 1 fully saturated rings. The minimum atomic E-state index is -0.437. The lowest BCUT2D eigenvalue weighted by molar-refractivity contribution is 0.100. The van der Waals surface area contributed by atoms with Crippen molar-refractivity contribution in [2.24, 2.45) is 11.7 Å². The predicted octanol–water partition coefficient (Wildman–Crippen LogP) is 0.900. The Morgan fingerprint density at radius 1 is 1.61 bits per heavy atom. The van der Waals surface area contributed by atoms with Crippen LogP contribution in [0.2, 0.25) is 0 Å². The first-order valence-corrected chi connectivity index (χ1v) is 6.39. The van der Waals surface area contributed by atoms with Crippen molar-refractivity contribution in [1.29, 1.82) is 0 Å². The van der Waals surface area contributed by atoms with Gasteiger partial charge >= 0.3 is 0 Å². The van der Waals surface area contributed by atoms with Crippen LogP contribution in [0.25, 0.3) is 0 Å². The zero-order valence-corrected chi connectivity index (χ0v) is 10.7. The Balaban J connectivity index is 1.94. The average Bonchev–Trinajstić information content (AvgIpc) is 2.82. The van der Waals surface area contributed by atoms with E-state index >= 15 is 0 Å². The van der Waals surface area contributed by atoms with Crippen molar-refractivity contribution in [3.63, 3.8) is 0 Å². The molecule has 1 aromatic heterocycles. The molecule has 1 aromatic rings. The molecule has 1 saturated heterocycles. The van der Waals surface area contributed by atoms with Gasteiger partial charge in [-0.15, -0.1) is 0 Å². The highest BCUT2D eigenvalue weighted by Crippen LogP contribution is 2.15. The number of hydrogen-bond donors (Lipinski definition) is 3. The first kappa shape index (κ1) is 12.8. The van der Waals surface area contributed by atoms with Crippen molar-refractivity contribution in [2.75, 3.05) is 25.0 Å². The van der Waals surface area contributed by atoms with E-state index in [9.17, 15) is 4.79 Å². The molecule has 18 heavy (non-hydrogen) atoms. The minimum Gasteiger partial charge on any atom is -0.369 e. The number of aromatic nitrogens is 1. The molecular weight excluding hydrogens is 228 g/mol. The number of hydrogen-bond acceptors (Lipinski definition) is 4. The maximum absolute atomic E-state index is 11.3. The van der Waals surface area contributed by atoms with Gasteiger partial charge in [-0.3, -0.25) is 4.79 Å². The maximum Gasteiger partial charge on any atom is 0.252 e. The van der Waals surface area contributed by atoms with E-state index in [2.05, 4.69) is 15.6 Å². The molecule has 4 N–H and O–H groups in total. The molecule has 1 amide bonds. The second-order valence-corrected chi connectivity index (χ2v) is 4.79. The molecule has 0 saturated carbocycles. The van der Waals surface area contributed by atoms with E-state index in [-0.39, 0.29) is 0 Å². The molecule has 1 aliphatic rings. The predicted molar refractivity (Wildman–Crippen MR) is 71.6 cm³/mol. The number of carbonyl (C=O) groups excluding carboxylic acids is 1. The lowest BCUT2D eigenvalue weighted by Crippen LogP contribution is -2.18. The molecule has 2 heterocycles. The van der Waals surface area contributed by atoms with Crippen LogP contribution in [-0.4, -0.2) is 30.5 Å². The number of carbonyl (C=O) groups is 1. The van der Waals surface area contributed by atoms with Gasteiger partial charge in [0, 0.05) is 12.2 Å². The molecule has 1 unspecified atom stereocenters. The number of amides is 1. The van der Waals surface area contributed by atoms with Crippen molar-refractivity contribution in [3.8, 4) is 0 Å². The van der Waals surface area contributed by atoms with Crippen molar-refractivity contribution >= 4 is 11.7 Å². The summed E-state index contributed by atoms with van der Waals surface area (Å²) in [6.07, 6.45) is 2.31. The van der Waals surface area contributed by atoms with E-state index in [0.29, 0.717) is 11.4 Å². The molecular formula is C13H20N4O. The third kappa shape index (κ3) is 3.20. The number of pyridine rings is 1. The lowest BCUT2D eigenvalue weighted by Gasteiger charge is -2.12. The Hall–Kier alpha value is -1.62. The van der Waals surface area contributed by atoms with Crippen molar-refractivity contribution in [1.82, 2.24) is 10.3 Å². The van der Waals surface area contributed by atoms with Gasteiger partial charge in [0.15, 0.2) is 0 Å². The first-order chi connectivity index (χ1) is 8.66. The number of rotatable bonds is 5. The monoisotopic (exact) mass is 248 g/mol. The number of nitrogens with zero attached hydrogens (tertiary/aromatic N) is 1. The number of aryl methyl sites for hydroxylation is 1. The first-order valence-electron chi connectivity index (χ1n) is 6.39. The van der Waals surface area contributed by atoms with E-state index in [1.54, 1.807) is 12.1 Å². The van der Waals surface area contributed by atoms with Crippen molar-refractivity contribution < 1.29 is 4.79 Å². The normalized spacial score (nSPS) is 18.8. The lowest BCUT2D eigenvalue weighted by atomic mass is 10.1. The summed E-state index contributed by atoms with van der Waals surface area (Å²) < 4.78 is 0. The van der Waals surface area contributed by atoms with Crippen LogP contribution in [0.4, 0.5) is 5.82 Å². The molecule has 0 aromatic carbocycles. The molecule has 2 rings (SSSR count). The molecule has 1 aliphatic heterocycles. The highest BCUT2D eigenvalue weighted by atomic mass is 16.1. The molecule has 0 spiro atoms. The Morgan fingerprint density at radius 3 is 3.11 bits per heavy atom. The van der Waals surface area contributed by atoms with Gasteiger partial charge in [0.1, 0.15) is 5.82 Å². The minimum absolute atomic E-state index is 0.437. The number of anilines is 1. The summed E-state index contributed by atoms with van der Waals surface area (Å²) in [7, 11) is 0. The summed E-state index contributed by atoms with van der Waals surface area (Å²) in [4.78, 5) is 15.6. The average molecular weight is 248 g/mol. The molecule has 0 aliphatic carbocycles. The molecule has 5 heteroatoms. The molecule has 98 valence electrons. The summed E-state index contributed by atoms with van der Waals surface area (Å²) in [5.74, 6) is 0.889. The van der Waals surface area contributed by atoms with Crippen LogP contribution in [0.15, 0.2) is 12.1 Å². The second-order valence-electron chi connectivity index (χ2n) is 4.79. The Bertz CT molecular complexity index is 427. The van der Waals surface area contributed by atoms with Crippen LogP contribution in [0.1, 0.15) is 28.9 Å². The van der Waals surface area contributed by atoms with Crippen molar-refractivity contribution in [2.45, 2.75) is 19.8 Å². The fourth-order valence-corrected chi connectivity index (χ4v) is 2.25. The second kappa shape index (κ2) is 5.82. The summed E-state index contributed by atoms with van der Waals surface area (Å²) in [5.41, 5.74) is 6.67. The van der Waals surface area contributed by atoms with Crippen LogP contribution in [0.5, 0.6) is 0 Å². The summed E-state index contributed by atoms with van der Waals surface area (Å²) >= 11 is 0. The van der Waals surface area contributed by atoms with Gasteiger partial charge in [-0.1, -0.05) is 0 Å². The van der Waals surface area contributed by atoms with Crippen LogP contribution in [-0.2, 0) is 0 Å². The zero-order valence-electron chi connectivity index (χ0n) is 10.7. The SMILES string of the molecule is Cc1ccc(C(N)=O)c(NCCC2CCNC2)n1. The van der Waals surface area contributed by atoms with Gasteiger partial charge in [-0.05, 0) is 50.9 Å². The van der Waals surface area contributed by atoms with Crippen LogP contribution < -0.4 is 16.4 Å². The van der Waals surface area contributed by atoms with Crippen LogP contribution in [0.3, 0.4) is 0 Å². The van der Waals surface area contributed by atoms with Gasteiger partial charge < -0.3 is 16.4 Å². The summed E-state index contributed by atoms with van der Waals surface area (Å²) in [6.45, 7) is 4.92. The smallest absolute Gasteiger partial charge is 0.252 e. The fourth-order valence-electron chi connectivity index (χ4n) is 2.25. The highest BCUT2D eigenvalue weighted by molar-refractivity contribution is 5.97. The van der Waals surface area contributed by atoms with Gasteiger partial charge in [0.2, 0.25) is 0 Å². The third-order valence-electron chi connectivity index (χ3n) is 3.31. The Morgan fingerprint density at radius 2 is 2.44 bits per heavy atom. The van der Waals surface area contributed by atoms with E-state index in [1.165, 1.54) is 6.42 Å². The Labute approximate surface area is 107 Å². The van der Waals surface area contributed by atoms with Crippen molar-refractivity contribution in [3.05, 3.63) is 23.4 Å². The third-order valence-corrected chi connectivity index (χ3v) is 3.31. The fraction of sp³-hybridized carbons (Fsp3) is 0.538. The number of primary amides is 1. The van der Waals surface area contributed by atoms with Gasteiger partial charge in [-0.2, -0.15) is 0 Å². The Kier molecular flexibility index (Phi) is 4.15. The number of nitrogens with two attached hydrogens (primary N) is 1. The van der Waals surface area contributed by atoms with E-state index in [0.717, 1.165) is 37.7 Å². The van der Waals surface area contributed by atoms with Crippen LogP contribution >= 0.6 is 0 Å². The van der Waals surface area contributed by atoms with E-state index < -0.39 is 5.91 Å². The molecule has 0 radical (unpaired) electrons. The highest BCUT2D eigenvalue weighted by Gasteiger charge is 2.14. The van der Waals surface area contributed by atoms with Gasteiger partial charge in [0.05, 0.1) is 5.56 Å². The van der Waals surface area contributed by atoms with Gasteiger partial charge in [0.25, 0.3) is 5.91 Å². The molecule has 0 bridgehead atoms. The largest absolute Gasteiger partial charge is 0.369 e. The van der Waals surface area contributed by atoms with E-state index in [1.807, 2.05) is 6.92 Å². The number of nitrogens with one attached hydrogen (secondary N) is 2.